The Balaban J connectivity index is 1.47. The van der Waals surface area contributed by atoms with Crippen LogP contribution in [0.4, 0.5) is 5.82 Å². The van der Waals surface area contributed by atoms with Gasteiger partial charge in [-0.05, 0) is 61.6 Å². The standard InChI is InChI=1S/C23H29ClN4O3S/c24-20-8-7-19(16-21(20)32(30,31)28-13-3-1-2-4-14-28)23(29)26-17-18-9-10-25-22(15-18)27-11-5-6-12-27/h7-10,15-16H,1-6,11-14,17H2,(H,26,29). The van der Waals surface area contributed by atoms with Crippen molar-refractivity contribution in [2.24, 2.45) is 0 Å². The highest BCUT2D eigenvalue weighted by molar-refractivity contribution is 7.89. The summed E-state index contributed by atoms with van der Waals surface area (Å²) in [7, 11) is -3.75. The fourth-order valence-corrected chi connectivity index (χ4v) is 6.25. The van der Waals surface area contributed by atoms with Gasteiger partial charge in [0, 0.05) is 44.5 Å². The van der Waals surface area contributed by atoms with Crippen LogP contribution in [0.3, 0.4) is 0 Å². The Hall–Kier alpha value is -2.16. The number of halogens is 1. The molecule has 2 aliphatic rings. The lowest BCUT2D eigenvalue weighted by Gasteiger charge is -2.21. The van der Waals surface area contributed by atoms with E-state index < -0.39 is 10.0 Å². The second-order valence-corrected chi connectivity index (χ2v) is 10.7. The van der Waals surface area contributed by atoms with Crippen molar-refractivity contribution in [2.75, 3.05) is 31.1 Å². The molecule has 0 bridgehead atoms. The van der Waals surface area contributed by atoms with E-state index in [-0.39, 0.29) is 21.4 Å². The number of benzene rings is 1. The third kappa shape index (κ3) is 5.24. The van der Waals surface area contributed by atoms with E-state index in [9.17, 15) is 13.2 Å². The van der Waals surface area contributed by atoms with Crippen LogP contribution in [0.2, 0.25) is 5.02 Å². The molecule has 1 amide bonds. The summed E-state index contributed by atoms with van der Waals surface area (Å²) in [6, 6.07) is 8.29. The van der Waals surface area contributed by atoms with Crippen molar-refractivity contribution in [1.29, 1.82) is 0 Å². The van der Waals surface area contributed by atoms with Crippen LogP contribution >= 0.6 is 11.6 Å². The summed E-state index contributed by atoms with van der Waals surface area (Å²) < 4.78 is 27.8. The maximum absolute atomic E-state index is 13.2. The first-order valence-corrected chi connectivity index (χ1v) is 13.0. The van der Waals surface area contributed by atoms with Gasteiger partial charge in [-0.1, -0.05) is 24.4 Å². The molecule has 0 radical (unpaired) electrons. The van der Waals surface area contributed by atoms with Gasteiger partial charge < -0.3 is 10.2 Å². The Kier molecular flexibility index (Phi) is 7.33. The van der Waals surface area contributed by atoms with Crippen LogP contribution in [0.15, 0.2) is 41.4 Å². The second-order valence-electron chi connectivity index (χ2n) is 8.36. The zero-order chi connectivity index (χ0) is 22.6. The van der Waals surface area contributed by atoms with Gasteiger partial charge in [0.15, 0.2) is 0 Å². The van der Waals surface area contributed by atoms with Crippen molar-refractivity contribution in [3.63, 3.8) is 0 Å². The zero-order valence-electron chi connectivity index (χ0n) is 18.1. The normalized spacial score (nSPS) is 17.8. The van der Waals surface area contributed by atoms with Crippen molar-refractivity contribution >= 4 is 33.3 Å². The highest BCUT2D eigenvalue weighted by atomic mass is 35.5. The Morgan fingerprint density at radius 3 is 2.38 bits per heavy atom. The molecule has 32 heavy (non-hydrogen) atoms. The monoisotopic (exact) mass is 476 g/mol. The number of hydrogen-bond acceptors (Lipinski definition) is 5. The molecule has 0 saturated carbocycles. The Bertz CT molecular complexity index is 1060. The number of amides is 1. The lowest BCUT2D eigenvalue weighted by atomic mass is 10.2. The molecule has 3 heterocycles. The van der Waals surface area contributed by atoms with Crippen molar-refractivity contribution < 1.29 is 13.2 Å². The third-order valence-corrected chi connectivity index (χ3v) is 8.45. The molecule has 7 nitrogen and oxygen atoms in total. The third-order valence-electron chi connectivity index (χ3n) is 6.07. The minimum Gasteiger partial charge on any atom is -0.357 e. The molecule has 0 atom stereocenters. The number of nitrogens with zero attached hydrogens (tertiary/aromatic N) is 3. The largest absolute Gasteiger partial charge is 0.357 e. The van der Waals surface area contributed by atoms with Gasteiger partial charge >= 0.3 is 0 Å². The number of carbonyl (C=O) groups is 1. The maximum Gasteiger partial charge on any atom is 0.251 e. The average molecular weight is 477 g/mol. The minimum atomic E-state index is -3.75. The van der Waals surface area contributed by atoms with E-state index in [0.717, 1.165) is 50.2 Å². The van der Waals surface area contributed by atoms with Crippen molar-refractivity contribution in [2.45, 2.75) is 50.0 Å². The molecule has 2 aliphatic heterocycles. The van der Waals surface area contributed by atoms with Crippen molar-refractivity contribution in [3.8, 4) is 0 Å². The lowest BCUT2D eigenvalue weighted by molar-refractivity contribution is 0.0950. The first-order valence-electron chi connectivity index (χ1n) is 11.2. The molecule has 4 rings (SSSR count). The molecule has 1 aromatic heterocycles. The molecular formula is C23H29ClN4O3S. The molecule has 0 spiro atoms. The number of aromatic nitrogens is 1. The summed E-state index contributed by atoms with van der Waals surface area (Å²) in [6.45, 7) is 3.30. The quantitative estimate of drug-likeness (QED) is 0.685. The van der Waals surface area contributed by atoms with Gasteiger partial charge in [-0.3, -0.25) is 4.79 Å². The van der Waals surface area contributed by atoms with Crippen LogP contribution in [0, 0.1) is 0 Å². The number of carbonyl (C=O) groups excluding carboxylic acids is 1. The summed E-state index contributed by atoms with van der Waals surface area (Å²) >= 11 is 6.25. The average Bonchev–Trinajstić information content (AvgIpc) is 3.19. The first-order chi connectivity index (χ1) is 15.4. The summed E-state index contributed by atoms with van der Waals surface area (Å²) in [4.78, 5) is 19.5. The topological polar surface area (TPSA) is 82.6 Å². The van der Waals surface area contributed by atoms with E-state index in [1.165, 1.54) is 29.3 Å². The van der Waals surface area contributed by atoms with E-state index in [0.29, 0.717) is 19.6 Å². The Labute approximate surface area is 194 Å². The van der Waals surface area contributed by atoms with Crippen LogP contribution in [0.25, 0.3) is 0 Å². The Morgan fingerprint density at radius 1 is 0.969 bits per heavy atom. The van der Waals surface area contributed by atoms with Crippen LogP contribution in [0.1, 0.15) is 54.4 Å². The molecule has 1 aromatic carbocycles. The number of nitrogens with one attached hydrogen (secondary N) is 1. The van der Waals surface area contributed by atoms with Crippen molar-refractivity contribution in [1.82, 2.24) is 14.6 Å². The van der Waals surface area contributed by atoms with Gasteiger partial charge in [-0.2, -0.15) is 4.31 Å². The molecule has 2 fully saturated rings. The highest BCUT2D eigenvalue weighted by Crippen LogP contribution is 2.28. The zero-order valence-corrected chi connectivity index (χ0v) is 19.7. The van der Waals surface area contributed by atoms with Gasteiger partial charge in [-0.25, -0.2) is 13.4 Å². The number of sulfonamides is 1. The Morgan fingerprint density at radius 2 is 1.66 bits per heavy atom. The number of rotatable bonds is 6. The molecule has 0 unspecified atom stereocenters. The summed E-state index contributed by atoms with van der Waals surface area (Å²) in [5.74, 6) is 0.583. The van der Waals surface area contributed by atoms with Gasteiger partial charge in [0.2, 0.25) is 10.0 Å². The molecule has 1 N–H and O–H groups in total. The summed E-state index contributed by atoms with van der Waals surface area (Å²) in [5, 5.41) is 3.02. The molecule has 2 saturated heterocycles. The number of pyridine rings is 1. The van der Waals surface area contributed by atoms with E-state index >= 15 is 0 Å². The van der Waals surface area contributed by atoms with Crippen LogP contribution in [0.5, 0.6) is 0 Å². The van der Waals surface area contributed by atoms with Gasteiger partial charge in [-0.15, -0.1) is 0 Å². The SMILES string of the molecule is O=C(NCc1ccnc(N2CCCC2)c1)c1ccc(Cl)c(S(=O)(=O)N2CCCCCC2)c1. The minimum absolute atomic E-state index is 0.00560. The predicted molar refractivity (Wildman–Crippen MR) is 126 cm³/mol. The molecule has 9 heteroatoms. The fourth-order valence-electron chi connectivity index (χ4n) is 4.24. The molecule has 2 aromatic rings. The van der Waals surface area contributed by atoms with Gasteiger partial charge in [0.1, 0.15) is 10.7 Å². The first kappa shape index (κ1) is 23.0. The van der Waals surface area contributed by atoms with E-state index in [2.05, 4.69) is 15.2 Å². The fraction of sp³-hybridized carbons (Fsp3) is 0.478. The van der Waals surface area contributed by atoms with Crippen molar-refractivity contribution in [3.05, 3.63) is 52.7 Å². The van der Waals surface area contributed by atoms with E-state index in [1.54, 1.807) is 12.3 Å². The summed E-state index contributed by atoms with van der Waals surface area (Å²) in [6.07, 6.45) is 7.81. The van der Waals surface area contributed by atoms with Gasteiger partial charge in [0.05, 0.1) is 5.02 Å². The van der Waals surface area contributed by atoms with E-state index in [1.807, 2.05) is 12.1 Å². The molecule has 172 valence electrons. The van der Waals surface area contributed by atoms with Gasteiger partial charge in [0.25, 0.3) is 5.91 Å². The van der Waals surface area contributed by atoms with Crippen LogP contribution in [-0.2, 0) is 16.6 Å². The van der Waals surface area contributed by atoms with Crippen LogP contribution < -0.4 is 10.2 Å². The maximum atomic E-state index is 13.2. The smallest absolute Gasteiger partial charge is 0.251 e. The number of anilines is 1. The van der Waals surface area contributed by atoms with Crippen LogP contribution in [-0.4, -0.2) is 49.8 Å². The second kappa shape index (κ2) is 10.2. The lowest BCUT2D eigenvalue weighted by Crippen LogP contribution is -2.32. The summed E-state index contributed by atoms with van der Waals surface area (Å²) in [5.41, 5.74) is 1.22. The molecule has 0 aliphatic carbocycles. The van der Waals surface area contributed by atoms with E-state index in [4.69, 9.17) is 11.6 Å². The molecular weight excluding hydrogens is 448 g/mol. The highest BCUT2D eigenvalue weighted by Gasteiger charge is 2.28. The number of hydrogen-bond donors (Lipinski definition) is 1. The predicted octanol–water partition coefficient (Wildman–Crippen LogP) is 3.83.